The summed E-state index contributed by atoms with van der Waals surface area (Å²) >= 11 is 0. The summed E-state index contributed by atoms with van der Waals surface area (Å²) in [6.07, 6.45) is 2.11. The van der Waals surface area contributed by atoms with E-state index < -0.39 is 6.04 Å². The molecule has 0 aliphatic carbocycles. The summed E-state index contributed by atoms with van der Waals surface area (Å²) in [4.78, 5) is 26.1. The SMILES string of the molecule is COCC(N)C(=O)Nc1ccc(C(=O)N2CCC(C)CC2)cc1. The first-order valence-electron chi connectivity index (χ1n) is 7.96. The molecule has 1 fully saturated rings. The highest BCUT2D eigenvalue weighted by molar-refractivity contribution is 5.97. The number of nitrogens with zero attached hydrogens (tertiary/aromatic N) is 1. The van der Waals surface area contributed by atoms with Gasteiger partial charge in [-0.05, 0) is 43.0 Å². The number of piperidine rings is 1. The first-order valence-corrected chi connectivity index (χ1v) is 7.96. The summed E-state index contributed by atoms with van der Waals surface area (Å²) in [6.45, 7) is 4.00. The number of rotatable bonds is 5. The van der Waals surface area contributed by atoms with Crippen LogP contribution in [0.2, 0.25) is 0 Å². The van der Waals surface area contributed by atoms with Crippen LogP contribution in [-0.2, 0) is 9.53 Å². The van der Waals surface area contributed by atoms with Gasteiger partial charge in [-0.2, -0.15) is 0 Å². The van der Waals surface area contributed by atoms with Crippen LogP contribution in [0.5, 0.6) is 0 Å². The molecule has 6 nitrogen and oxygen atoms in total. The molecule has 6 heteroatoms. The van der Waals surface area contributed by atoms with Crippen molar-refractivity contribution in [3.63, 3.8) is 0 Å². The average molecular weight is 319 g/mol. The zero-order valence-electron chi connectivity index (χ0n) is 13.7. The van der Waals surface area contributed by atoms with E-state index in [1.54, 1.807) is 24.3 Å². The second-order valence-electron chi connectivity index (χ2n) is 6.10. The Hall–Kier alpha value is -1.92. The van der Waals surface area contributed by atoms with Gasteiger partial charge in [0, 0.05) is 31.5 Å². The zero-order chi connectivity index (χ0) is 16.8. The molecule has 3 N–H and O–H groups in total. The molecule has 1 heterocycles. The van der Waals surface area contributed by atoms with E-state index in [9.17, 15) is 9.59 Å². The number of nitrogens with two attached hydrogens (primary N) is 1. The number of hydrogen-bond donors (Lipinski definition) is 2. The van der Waals surface area contributed by atoms with Gasteiger partial charge in [0.05, 0.1) is 6.61 Å². The van der Waals surface area contributed by atoms with Crippen molar-refractivity contribution in [3.8, 4) is 0 Å². The van der Waals surface area contributed by atoms with Crippen LogP contribution >= 0.6 is 0 Å². The van der Waals surface area contributed by atoms with Gasteiger partial charge in [0.1, 0.15) is 6.04 Å². The number of ether oxygens (including phenoxy) is 1. The smallest absolute Gasteiger partial charge is 0.253 e. The molecular formula is C17H25N3O3. The minimum absolute atomic E-state index is 0.0471. The summed E-state index contributed by atoms with van der Waals surface area (Å²) in [5, 5.41) is 2.71. The van der Waals surface area contributed by atoms with Crippen LogP contribution in [0.1, 0.15) is 30.1 Å². The second-order valence-corrected chi connectivity index (χ2v) is 6.10. The van der Waals surface area contributed by atoms with Gasteiger partial charge in [0.2, 0.25) is 5.91 Å². The van der Waals surface area contributed by atoms with Gasteiger partial charge < -0.3 is 20.7 Å². The predicted molar refractivity (Wildman–Crippen MR) is 89.2 cm³/mol. The Bertz CT molecular complexity index is 537. The number of carbonyl (C=O) groups is 2. The molecule has 2 amide bonds. The molecule has 1 atom stereocenters. The molecule has 0 radical (unpaired) electrons. The fourth-order valence-electron chi connectivity index (χ4n) is 2.58. The predicted octanol–water partition coefficient (Wildman–Crippen LogP) is 1.47. The van der Waals surface area contributed by atoms with Crippen molar-refractivity contribution in [3.05, 3.63) is 29.8 Å². The molecule has 1 saturated heterocycles. The Kier molecular flexibility index (Phi) is 6.12. The van der Waals surface area contributed by atoms with Crippen molar-refractivity contribution in [1.82, 2.24) is 4.90 Å². The molecular weight excluding hydrogens is 294 g/mol. The van der Waals surface area contributed by atoms with Crippen molar-refractivity contribution < 1.29 is 14.3 Å². The molecule has 0 aromatic heterocycles. The Balaban J connectivity index is 1.94. The molecule has 1 aromatic carbocycles. The van der Waals surface area contributed by atoms with Gasteiger partial charge in [-0.25, -0.2) is 0 Å². The Morgan fingerprint density at radius 3 is 2.48 bits per heavy atom. The van der Waals surface area contributed by atoms with Gasteiger partial charge in [-0.15, -0.1) is 0 Å². The maximum Gasteiger partial charge on any atom is 0.253 e. The van der Waals surface area contributed by atoms with E-state index in [1.807, 2.05) is 4.90 Å². The number of nitrogens with one attached hydrogen (secondary N) is 1. The lowest BCUT2D eigenvalue weighted by atomic mass is 9.98. The number of anilines is 1. The third-order valence-corrected chi connectivity index (χ3v) is 4.15. The van der Waals surface area contributed by atoms with Crippen molar-refractivity contribution in [2.75, 3.05) is 32.1 Å². The lowest BCUT2D eigenvalue weighted by Gasteiger charge is -2.30. The van der Waals surface area contributed by atoms with E-state index in [1.165, 1.54) is 7.11 Å². The minimum Gasteiger partial charge on any atom is -0.383 e. The number of amides is 2. The van der Waals surface area contributed by atoms with Crippen LogP contribution in [-0.4, -0.2) is 49.6 Å². The monoisotopic (exact) mass is 319 g/mol. The van der Waals surface area contributed by atoms with Crippen LogP contribution < -0.4 is 11.1 Å². The molecule has 0 bridgehead atoms. The first kappa shape index (κ1) is 17.4. The van der Waals surface area contributed by atoms with Gasteiger partial charge in [-0.1, -0.05) is 6.92 Å². The largest absolute Gasteiger partial charge is 0.383 e. The summed E-state index contributed by atoms with van der Waals surface area (Å²) in [6, 6.07) is 6.20. The Labute approximate surface area is 137 Å². The second kappa shape index (κ2) is 8.08. The van der Waals surface area contributed by atoms with Gasteiger partial charge in [0.25, 0.3) is 5.91 Å². The van der Waals surface area contributed by atoms with Crippen LogP contribution in [0.4, 0.5) is 5.69 Å². The standard InChI is InChI=1S/C17H25N3O3/c1-12-7-9-20(10-8-12)17(22)13-3-5-14(6-4-13)19-16(21)15(18)11-23-2/h3-6,12,15H,7-11,18H2,1-2H3,(H,19,21). The molecule has 23 heavy (non-hydrogen) atoms. The maximum atomic E-state index is 12.4. The topological polar surface area (TPSA) is 84.7 Å². The van der Waals surface area contributed by atoms with Crippen molar-refractivity contribution in [2.45, 2.75) is 25.8 Å². The summed E-state index contributed by atoms with van der Waals surface area (Å²) in [7, 11) is 1.49. The van der Waals surface area contributed by atoms with Crippen molar-refractivity contribution in [2.24, 2.45) is 11.7 Å². The number of carbonyl (C=O) groups excluding carboxylic acids is 2. The third-order valence-electron chi connectivity index (χ3n) is 4.15. The van der Waals surface area contributed by atoms with E-state index in [2.05, 4.69) is 12.2 Å². The summed E-state index contributed by atoms with van der Waals surface area (Å²) in [5.74, 6) is 0.426. The minimum atomic E-state index is -0.711. The highest BCUT2D eigenvalue weighted by Gasteiger charge is 2.21. The molecule has 0 spiro atoms. The van der Waals surface area contributed by atoms with Crippen molar-refractivity contribution >= 4 is 17.5 Å². The van der Waals surface area contributed by atoms with Crippen LogP contribution in [0.25, 0.3) is 0 Å². The number of benzene rings is 1. The van der Waals surface area contributed by atoms with E-state index in [0.717, 1.165) is 25.9 Å². The number of hydrogen-bond acceptors (Lipinski definition) is 4. The lowest BCUT2D eigenvalue weighted by Crippen LogP contribution is -2.39. The first-order chi connectivity index (χ1) is 11.0. The third kappa shape index (κ3) is 4.77. The molecule has 1 unspecified atom stereocenters. The van der Waals surface area contributed by atoms with Gasteiger partial charge in [0.15, 0.2) is 0 Å². The number of likely N-dealkylation sites (tertiary alicyclic amines) is 1. The maximum absolute atomic E-state index is 12.4. The number of methoxy groups -OCH3 is 1. The van der Waals surface area contributed by atoms with Crippen LogP contribution in [0.3, 0.4) is 0 Å². The highest BCUT2D eigenvalue weighted by Crippen LogP contribution is 2.19. The van der Waals surface area contributed by atoms with Gasteiger partial charge >= 0.3 is 0 Å². The fraction of sp³-hybridized carbons (Fsp3) is 0.529. The van der Waals surface area contributed by atoms with E-state index in [4.69, 9.17) is 10.5 Å². The fourth-order valence-corrected chi connectivity index (χ4v) is 2.58. The van der Waals surface area contributed by atoms with Gasteiger partial charge in [-0.3, -0.25) is 9.59 Å². The van der Waals surface area contributed by atoms with E-state index in [-0.39, 0.29) is 18.4 Å². The molecule has 2 rings (SSSR count). The molecule has 1 aromatic rings. The van der Waals surface area contributed by atoms with Crippen LogP contribution in [0.15, 0.2) is 24.3 Å². The van der Waals surface area contributed by atoms with E-state index >= 15 is 0 Å². The zero-order valence-corrected chi connectivity index (χ0v) is 13.7. The Morgan fingerprint density at radius 1 is 1.30 bits per heavy atom. The molecule has 1 aliphatic heterocycles. The normalized spacial score (nSPS) is 16.9. The molecule has 1 aliphatic rings. The quantitative estimate of drug-likeness (QED) is 0.861. The summed E-state index contributed by atoms with van der Waals surface area (Å²) < 4.78 is 4.85. The molecule has 126 valence electrons. The summed E-state index contributed by atoms with van der Waals surface area (Å²) in [5.41, 5.74) is 6.92. The van der Waals surface area contributed by atoms with Crippen LogP contribution in [0, 0.1) is 5.92 Å². The Morgan fingerprint density at radius 2 is 1.91 bits per heavy atom. The van der Waals surface area contributed by atoms with E-state index in [0.29, 0.717) is 17.2 Å². The van der Waals surface area contributed by atoms with Crippen molar-refractivity contribution in [1.29, 1.82) is 0 Å². The molecule has 0 saturated carbocycles. The highest BCUT2D eigenvalue weighted by atomic mass is 16.5. The lowest BCUT2D eigenvalue weighted by molar-refractivity contribution is -0.118. The average Bonchev–Trinajstić information content (AvgIpc) is 2.56.